The van der Waals surface area contributed by atoms with Gasteiger partial charge in [0, 0.05) is 16.6 Å². The van der Waals surface area contributed by atoms with E-state index < -0.39 is 0 Å². The Labute approximate surface area is 119 Å². The maximum Gasteiger partial charge on any atom is 0.251 e. The fraction of sp³-hybridized carbons (Fsp3) is 0.133. The zero-order chi connectivity index (χ0) is 13.8. The van der Waals surface area contributed by atoms with Gasteiger partial charge in [0.25, 0.3) is 5.91 Å². The summed E-state index contributed by atoms with van der Waals surface area (Å²) in [5.41, 5.74) is 2.05. The Morgan fingerprint density at radius 2 is 2.05 bits per heavy atom. The van der Waals surface area contributed by atoms with E-state index in [1.54, 1.807) is 37.3 Å². The van der Waals surface area contributed by atoms with Gasteiger partial charge in [0.1, 0.15) is 5.82 Å². The van der Waals surface area contributed by atoms with Gasteiger partial charge in [0.2, 0.25) is 0 Å². The summed E-state index contributed by atoms with van der Waals surface area (Å²) in [4.78, 5) is 11.9. The predicted octanol–water partition coefficient (Wildman–Crippen LogP) is 3.83. The maximum absolute atomic E-state index is 13.1. The lowest BCUT2D eigenvalue weighted by Gasteiger charge is -2.07. The molecule has 0 aliphatic carbocycles. The van der Waals surface area contributed by atoms with Crippen LogP contribution in [-0.2, 0) is 6.54 Å². The molecule has 0 fully saturated rings. The first-order valence-electron chi connectivity index (χ1n) is 5.85. The molecular formula is C15H13BrFNO. The van der Waals surface area contributed by atoms with Crippen LogP contribution < -0.4 is 5.32 Å². The van der Waals surface area contributed by atoms with Crippen LogP contribution in [0.5, 0.6) is 0 Å². The van der Waals surface area contributed by atoms with Crippen LogP contribution >= 0.6 is 15.9 Å². The Hall–Kier alpha value is -1.68. The van der Waals surface area contributed by atoms with Gasteiger partial charge in [-0.05, 0) is 42.3 Å². The Morgan fingerprint density at radius 3 is 2.74 bits per heavy atom. The Morgan fingerprint density at radius 1 is 1.26 bits per heavy atom. The smallest absolute Gasteiger partial charge is 0.251 e. The van der Waals surface area contributed by atoms with Gasteiger partial charge in [-0.3, -0.25) is 4.79 Å². The number of rotatable bonds is 3. The first kappa shape index (κ1) is 13.7. The molecule has 0 saturated heterocycles. The second-order valence-electron chi connectivity index (χ2n) is 4.28. The number of aryl methyl sites for hydroxylation is 1. The van der Waals surface area contributed by atoms with Gasteiger partial charge in [-0.25, -0.2) is 4.39 Å². The standard InChI is InChI=1S/C15H13BrFNO/c1-10-7-11(5-6-14(10)17)9-18-15(19)12-3-2-4-13(16)8-12/h2-8H,9H2,1H3,(H,18,19). The van der Waals surface area contributed by atoms with Crippen molar-refractivity contribution in [3.63, 3.8) is 0 Å². The van der Waals surface area contributed by atoms with Gasteiger partial charge in [0.05, 0.1) is 0 Å². The number of benzene rings is 2. The summed E-state index contributed by atoms with van der Waals surface area (Å²) in [6.45, 7) is 2.08. The molecule has 1 amide bonds. The van der Waals surface area contributed by atoms with Gasteiger partial charge in [-0.1, -0.05) is 34.1 Å². The van der Waals surface area contributed by atoms with Gasteiger partial charge >= 0.3 is 0 Å². The van der Waals surface area contributed by atoms with Crippen molar-refractivity contribution in [2.45, 2.75) is 13.5 Å². The molecule has 2 aromatic rings. The van der Waals surface area contributed by atoms with E-state index in [0.717, 1.165) is 10.0 Å². The van der Waals surface area contributed by atoms with E-state index in [1.807, 2.05) is 6.07 Å². The SMILES string of the molecule is Cc1cc(CNC(=O)c2cccc(Br)c2)ccc1F. The molecule has 0 spiro atoms. The van der Waals surface area contributed by atoms with Crippen LogP contribution in [0.3, 0.4) is 0 Å². The summed E-state index contributed by atoms with van der Waals surface area (Å²) in [6, 6.07) is 12.0. The van der Waals surface area contributed by atoms with E-state index in [4.69, 9.17) is 0 Å². The summed E-state index contributed by atoms with van der Waals surface area (Å²) < 4.78 is 14.0. The quantitative estimate of drug-likeness (QED) is 0.914. The average Bonchev–Trinajstić information content (AvgIpc) is 2.40. The van der Waals surface area contributed by atoms with Crippen molar-refractivity contribution >= 4 is 21.8 Å². The highest BCUT2D eigenvalue weighted by atomic mass is 79.9. The molecule has 19 heavy (non-hydrogen) atoms. The molecule has 2 rings (SSSR count). The summed E-state index contributed by atoms with van der Waals surface area (Å²) in [5.74, 6) is -0.384. The largest absolute Gasteiger partial charge is 0.348 e. The highest BCUT2D eigenvalue weighted by Gasteiger charge is 2.06. The number of hydrogen-bond acceptors (Lipinski definition) is 1. The third kappa shape index (κ3) is 3.64. The summed E-state index contributed by atoms with van der Waals surface area (Å²) in [7, 11) is 0. The van der Waals surface area contributed by atoms with Crippen molar-refractivity contribution in [1.82, 2.24) is 5.32 Å². The third-order valence-corrected chi connectivity index (χ3v) is 3.26. The summed E-state index contributed by atoms with van der Waals surface area (Å²) in [6.07, 6.45) is 0. The minimum Gasteiger partial charge on any atom is -0.348 e. The predicted molar refractivity (Wildman–Crippen MR) is 76.4 cm³/mol. The molecular weight excluding hydrogens is 309 g/mol. The topological polar surface area (TPSA) is 29.1 Å². The molecule has 0 saturated carbocycles. The molecule has 0 radical (unpaired) electrons. The van der Waals surface area contributed by atoms with Gasteiger partial charge in [-0.15, -0.1) is 0 Å². The van der Waals surface area contributed by atoms with E-state index in [9.17, 15) is 9.18 Å². The molecule has 98 valence electrons. The zero-order valence-corrected chi connectivity index (χ0v) is 12.0. The first-order chi connectivity index (χ1) is 9.06. The number of hydrogen-bond donors (Lipinski definition) is 1. The number of carbonyl (C=O) groups is 1. The number of nitrogens with one attached hydrogen (secondary N) is 1. The van der Waals surface area contributed by atoms with Crippen LogP contribution in [0.15, 0.2) is 46.9 Å². The fourth-order valence-corrected chi connectivity index (χ4v) is 2.13. The van der Waals surface area contributed by atoms with E-state index in [0.29, 0.717) is 17.7 Å². The second kappa shape index (κ2) is 5.97. The Balaban J connectivity index is 2.02. The molecule has 2 aromatic carbocycles. The van der Waals surface area contributed by atoms with Crippen molar-refractivity contribution in [3.8, 4) is 0 Å². The third-order valence-electron chi connectivity index (χ3n) is 2.76. The molecule has 0 aromatic heterocycles. The molecule has 0 aliphatic rings. The van der Waals surface area contributed by atoms with Crippen LogP contribution in [-0.4, -0.2) is 5.91 Å². The molecule has 2 nitrogen and oxygen atoms in total. The fourth-order valence-electron chi connectivity index (χ4n) is 1.73. The Kier molecular flexibility index (Phi) is 4.32. The van der Waals surface area contributed by atoms with E-state index in [-0.39, 0.29) is 11.7 Å². The Bertz CT molecular complexity index is 613. The summed E-state index contributed by atoms with van der Waals surface area (Å²) >= 11 is 3.32. The van der Waals surface area contributed by atoms with Gasteiger partial charge in [-0.2, -0.15) is 0 Å². The minimum absolute atomic E-state index is 0.150. The van der Waals surface area contributed by atoms with Crippen LogP contribution in [0.2, 0.25) is 0 Å². The van der Waals surface area contributed by atoms with Crippen LogP contribution in [0.4, 0.5) is 4.39 Å². The maximum atomic E-state index is 13.1. The van der Waals surface area contributed by atoms with Crippen molar-refractivity contribution in [2.75, 3.05) is 0 Å². The highest BCUT2D eigenvalue weighted by Crippen LogP contribution is 2.12. The van der Waals surface area contributed by atoms with E-state index in [1.165, 1.54) is 6.07 Å². The lowest BCUT2D eigenvalue weighted by atomic mass is 10.1. The van der Waals surface area contributed by atoms with Crippen molar-refractivity contribution in [1.29, 1.82) is 0 Å². The average molecular weight is 322 g/mol. The zero-order valence-electron chi connectivity index (χ0n) is 10.4. The number of amides is 1. The number of carbonyl (C=O) groups excluding carboxylic acids is 1. The molecule has 0 heterocycles. The van der Waals surface area contributed by atoms with Gasteiger partial charge < -0.3 is 5.32 Å². The van der Waals surface area contributed by atoms with Crippen LogP contribution in [0.25, 0.3) is 0 Å². The molecule has 0 unspecified atom stereocenters. The van der Waals surface area contributed by atoms with E-state index >= 15 is 0 Å². The molecule has 4 heteroatoms. The minimum atomic E-state index is -0.234. The lowest BCUT2D eigenvalue weighted by molar-refractivity contribution is 0.0951. The lowest BCUT2D eigenvalue weighted by Crippen LogP contribution is -2.22. The van der Waals surface area contributed by atoms with Gasteiger partial charge in [0.15, 0.2) is 0 Å². The molecule has 0 atom stereocenters. The van der Waals surface area contributed by atoms with E-state index in [2.05, 4.69) is 21.2 Å². The normalized spacial score (nSPS) is 10.3. The summed E-state index contributed by atoms with van der Waals surface area (Å²) in [5, 5.41) is 2.81. The molecule has 0 aliphatic heterocycles. The monoisotopic (exact) mass is 321 g/mol. The highest BCUT2D eigenvalue weighted by molar-refractivity contribution is 9.10. The second-order valence-corrected chi connectivity index (χ2v) is 5.19. The van der Waals surface area contributed by atoms with Crippen LogP contribution in [0, 0.1) is 12.7 Å². The first-order valence-corrected chi connectivity index (χ1v) is 6.64. The number of halogens is 2. The van der Waals surface area contributed by atoms with Crippen molar-refractivity contribution in [2.24, 2.45) is 0 Å². The molecule has 1 N–H and O–H groups in total. The van der Waals surface area contributed by atoms with Crippen LogP contribution in [0.1, 0.15) is 21.5 Å². The van der Waals surface area contributed by atoms with Crippen molar-refractivity contribution in [3.05, 3.63) is 69.4 Å². The molecule has 0 bridgehead atoms. The van der Waals surface area contributed by atoms with Crippen molar-refractivity contribution < 1.29 is 9.18 Å².